The van der Waals surface area contributed by atoms with Crippen molar-refractivity contribution >= 4 is 15.9 Å². The van der Waals surface area contributed by atoms with Crippen molar-refractivity contribution in [1.82, 2.24) is 0 Å². The van der Waals surface area contributed by atoms with Gasteiger partial charge in [-0.25, -0.2) is 0 Å². The molecule has 13 heteroatoms. The maximum absolute atomic E-state index is 5.52. The van der Waals surface area contributed by atoms with Crippen LogP contribution in [0.1, 0.15) is 32.6 Å². The molecule has 0 aromatic carbocycles. The average Bonchev–Trinajstić information content (AvgIpc) is 3.02. The van der Waals surface area contributed by atoms with Crippen molar-refractivity contribution in [3.05, 3.63) is 0 Å². The highest BCUT2D eigenvalue weighted by Gasteiger charge is 1.97. The molecule has 0 aliphatic carbocycles. The minimum absolute atomic E-state index is 0.520. The number of unbranched alkanes of at least 4 members (excludes halogenated alkanes) is 3. The van der Waals surface area contributed by atoms with Crippen LogP contribution in [0.3, 0.4) is 0 Å². The molecular formula is C30H61BrO12. The van der Waals surface area contributed by atoms with Crippen molar-refractivity contribution in [3.8, 4) is 0 Å². The highest BCUT2D eigenvalue weighted by molar-refractivity contribution is 9.09. The first-order valence-electron chi connectivity index (χ1n) is 15.9. The zero-order chi connectivity index (χ0) is 31.0. The fourth-order valence-corrected chi connectivity index (χ4v) is 3.44. The van der Waals surface area contributed by atoms with Gasteiger partial charge in [0.25, 0.3) is 0 Å². The molecule has 0 bridgehead atoms. The van der Waals surface area contributed by atoms with E-state index in [1.54, 1.807) is 0 Å². The van der Waals surface area contributed by atoms with Gasteiger partial charge in [0, 0.05) is 11.9 Å². The van der Waals surface area contributed by atoms with E-state index in [-0.39, 0.29) is 0 Å². The molecule has 0 saturated heterocycles. The summed E-state index contributed by atoms with van der Waals surface area (Å²) in [6.07, 6.45) is 4.90. The van der Waals surface area contributed by atoms with Crippen LogP contribution in [-0.4, -0.2) is 164 Å². The molecule has 0 aliphatic rings. The summed E-state index contributed by atoms with van der Waals surface area (Å²) in [7, 11) is 0. The summed E-state index contributed by atoms with van der Waals surface area (Å²) in [6, 6.07) is 0. The van der Waals surface area contributed by atoms with Crippen molar-refractivity contribution in [1.29, 1.82) is 0 Å². The Morgan fingerprint density at radius 1 is 0.256 bits per heavy atom. The summed E-state index contributed by atoms with van der Waals surface area (Å²) in [4.78, 5) is 0. The number of halogens is 1. The van der Waals surface area contributed by atoms with Gasteiger partial charge in [-0.3, -0.25) is 0 Å². The van der Waals surface area contributed by atoms with Crippen LogP contribution in [0, 0.1) is 0 Å². The number of rotatable bonds is 40. The second-order valence-corrected chi connectivity index (χ2v) is 9.89. The number of ether oxygens (including phenoxy) is 12. The van der Waals surface area contributed by atoms with Gasteiger partial charge in [-0.05, 0) is 6.42 Å². The van der Waals surface area contributed by atoms with Gasteiger partial charge in [0.2, 0.25) is 0 Å². The molecule has 0 fully saturated rings. The first kappa shape index (κ1) is 43.0. The Morgan fingerprint density at radius 3 is 0.674 bits per heavy atom. The highest BCUT2D eigenvalue weighted by Crippen LogP contribution is 1.98. The molecule has 0 radical (unpaired) electrons. The summed E-state index contributed by atoms with van der Waals surface area (Å²) in [6.45, 7) is 15.8. The van der Waals surface area contributed by atoms with Crippen molar-refractivity contribution < 1.29 is 56.8 Å². The Hall–Kier alpha value is 0.0000000000000000555. The van der Waals surface area contributed by atoms with E-state index in [9.17, 15) is 0 Å². The summed E-state index contributed by atoms with van der Waals surface area (Å²) in [5.74, 6) is 0. The van der Waals surface area contributed by atoms with Crippen LogP contribution in [0.5, 0.6) is 0 Å². The van der Waals surface area contributed by atoms with Crippen LogP contribution in [0.25, 0.3) is 0 Å². The summed E-state index contributed by atoms with van der Waals surface area (Å²) < 4.78 is 65.4. The molecule has 0 rings (SSSR count). The van der Waals surface area contributed by atoms with E-state index in [4.69, 9.17) is 56.8 Å². The monoisotopic (exact) mass is 692 g/mol. The van der Waals surface area contributed by atoms with Gasteiger partial charge in [-0.15, -0.1) is 0 Å². The topological polar surface area (TPSA) is 111 Å². The third kappa shape index (κ3) is 42.0. The number of hydrogen-bond acceptors (Lipinski definition) is 12. The van der Waals surface area contributed by atoms with E-state index >= 15 is 0 Å². The first-order chi connectivity index (χ1) is 21.4. The van der Waals surface area contributed by atoms with Gasteiger partial charge in [-0.2, -0.15) is 0 Å². The van der Waals surface area contributed by atoms with Crippen LogP contribution < -0.4 is 0 Å². The molecule has 0 spiro atoms. The van der Waals surface area contributed by atoms with Gasteiger partial charge in [0.1, 0.15) is 0 Å². The minimum Gasteiger partial charge on any atom is -0.379 e. The molecule has 12 nitrogen and oxygen atoms in total. The van der Waals surface area contributed by atoms with Gasteiger partial charge < -0.3 is 56.8 Å². The zero-order valence-electron chi connectivity index (χ0n) is 26.8. The lowest BCUT2D eigenvalue weighted by molar-refractivity contribution is -0.0282. The molecule has 0 saturated carbocycles. The van der Waals surface area contributed by atoms with Gasteiger partial charge >= 0.3 is 0 Å². The molecule has 0 aromatic heterocycles. The normalized spacial score (nSPS) is 11.6. The lowest BCUT2D eigenvalue weighted by atomic mass is 10.2. The Morgan fingerprint density at radius 2 is 0.465 bits per heavy atom. The molecule has 0 unspecified atom stereocenters. The van der Waals surface area contributed by atoms with Gasteiger partial charge in [0.05, 0.1) is 152 Å². The number of hydrogen-bond donors (Lipinski definition) is 0. The molecule has 0 aromatic rings. The first-order valence-corrected chi connectivity index (χ1v) is 17.0. The Balaban J connectivity index is 3.02. The third-order valence-electron chi connectivity index (χ3n) is 5.46. The lowest BCUT2D eigenvalue weighted by Crippen LogP contribution is -2.15. The SMILES string of the molecule is CCCCCCOCCOCCOCCOCCOCCOCCOCCOCCOCCOCCOCCOCCBr. The minimum atomic E-state index is 0.520. The second kappa shape index (κ2) is 42.0. The molecule has 0 heterocycles. The molecule has 0 amide bonds. The van der Waals surface area contributed by atoms with Crippen LogP contribution in [0.15, 0.2) is 0 Å². The Labute approximate surface area is 269 Å². The molecule has 260 valence electrons. The van der Waals surface area contributed by atoms with Crippen LogP contribution in [-0.2, 0) is 56.8 Å². The lowest BCUT2D eigenvalue weighted by Gasteiger charge is -2.09. The van der Waals surface area contributed by atoms with E-state index in [0.29, 0.717) is 152 Å². The average molecular weight is 694 g/mol. The summed E-state index contributed by atoms with van der Waals surface area (Å²) in [5, 5.41) is 0.839. The van der Waals surface area contributed by atoms with Crippen molar-refractivity contribution in [2.45, 2.75) is 32.6 Å². The molecular weight excluding hydrogens is 632 g/mol. The molecule has 0 atom stereocenters. The van der Waals surface area contributed by atoms with E-state index in [1.165, 1.54) is 19.3 Å². The maximum Gasteiger partial charge on any atom is 0.0701 e. The molecule has 0 aliphatic heterocycles. The fourth-order valence-electron chi connectivity index (χ4n) is 3.21. The summed E-state index contributed by atoms with van der Waals surface area (Å²) >= 11 is 3.30. The van der Waals surface area contributed by atoms with E-state index in [2.05, 4.69) is 22.9 Å². The summed E-state index contributed by atoms with van der Waals surface area (Å²) in [5.41, 5.74) is 0. The molecule has 0 N–H and O–H groups in total. The van der Waals surface area contributed by atoms with E-state index in [0.717, 1.165) is 18.4 Å². The van der Waals surface area contributed by atoms with Gasteiger partial charge in [0.15, 0.2) is 0 Å². The predicted molar refractivity (Wildman–Crippen MR) is 168 cm³/mol. The van der Waals surface area contributed by atoms with Crippen molar-refractivity contribution in [2.75, 3.05) is 164 Å². The fraction of sp³-hybridized carbons (Fsp3) is 1.00. The standard InChI is InChI=1S/C30H61BrO12/c1-2-3-4-5-7-32-9-11-34-13-15-36-17-19-38-21-23-40-25-27-42-29-30-43-28-26-41-24-22-39-20-18-37-16-14-35-12-10-33-8-6-31/h2-30H2,1H3. The van der Waals surface area contributed by atoms with Crippen molar-refractivity contribution in [2.24, 2.45) is 0 Å². The van der Waals surface area contributed by atoms with Crippen LogP contribution >= 0.6 is 15.9 Å². The zero-order valence-corrected chi connectivity index (χ0v) is 28.4. The third-order valence-corrected chi connectivity index (χ3v) is 5.78. The van der Waals surface area contributed by atoms with E-state index in [1.807, 2.05) is 0 Å². The second-order valence-electron chi connectivity index (χ2n) is 9.10. The van der Waals surface area contributed by atoms with E-state index < -0.39 is 0 Å². The van der Waals surface area contributed by atoms with Crippen molar-refractivity contribution in [3.63, 3.8) is 0 Å². The van der Waals surface area contributed by atoms with Gasteiger partial charge in [-0.1, -0.05) is 42.1 Å². The van der Waals surface area contributed by atoms with Crippen LogP contribution in [0.4, 0.5) is 0 Å². The van der Waals surface area contributed by atoms with Crippen LogP contribution in [0.2, 0.25) is 0 Å². The Kier molecular flexibility index (Phi) is 42.0. The smallest absolute Gasteiger partial charge is 0.0701 e. The largest absolute Gasteiger partial charge is 0.379 e. The Bertz CT molecular complexity index is 442. The highest BCUT2D eigenvalue weighted by atomic mass is 79.9. The molecule has 43 heavy (non-hydrogen) atoms. The predicted octanol–water partition coefficient (Wildman–Crippen LogP) is 3.16. The quantitative estimate of drug-likeness (QED) is 0.0695. The number of alkyl halides is 1. The maximum atomic E-state index is 5.52.